The predicted molar refractivity (Wildman–Crippen MR) is 48.7 cm³/mol. The van der Waals surface area contributed by atoms with Gasteiger partial charge in [-0.1, -0.05) is 0 Å². The van der Waals surface area contributed by atoms with E-state index in [4.69, 9.17) is 0 Å². The number of hydrogen-bond donors (Lipinski definition) is 2. The van der Waals surface area contributed by atoms with Crippen molar-refractivity contribution in [2.45, 2.75) is 6.18 Å². The van der Waals surface area contributed by atoms with Gasteiger partial charge in [-0.2, -0.15) is 18.3 Å². The van der Waals surface area contributed by atoms with E-state index in [1.165, 1.54) is 0 Å². The Balaban J connectivity index is 2.12. The van der Waals surface area contributed by atoms with Crippen molar-refractivity contribution in [2.24, 2.45) is 0 Å². The van der Waals surface area contributed by atoms with E-state index >= 15 is 0 Å². The molecule has 0 aromatic carbocycles. The molecule has 0 atom stereocenters. The van der Waals surface area contributed by atoms with Crippen molar-refractivity contribution >= 4 is 5.82 Å². The fraction of sp³-hybridized carbons (Fsp3) is 0.625. The Morgan fingerprint density at radius 1 is 1.27 bits per heavy atom. The zero-order valence-electron chi connectivity index (χ0n) is 7.93. The Morgan fingerprint density at radius 2 is 1.93 bits per heavy atom. The van der Waals surface area contributed by atoms with Crippen LogP contribution in [-0.2, 0) is 6.18 Å². The molecular formula is C8H11F3N4. The average Bonchev–Trinajstić information content (AvgIpc) is 2.67. The van der Waals surface area contributed by atoms with Gasteiger partial charge in [0.25, 0.3) is 0 Å². The van der Waals surface area contributed by atoms with Crippen molar-refractivity contribution in [2.75, 3.05) is 31.1 Å². The quantitative estimate of drug-likeness (QED) is 0.737. The zero-order valence-corrected chi connectivity index (χ0v) is 7.93. The molecule has 1 aliphatic heterocycles. The molecule has 1 saturated heterocycles. The first-order chi connectivity index (χ1) is 7.07. The number of nitrogens with zero attached hydrogens (tertiary/aromatic N) is 2. The van der Waals surface area contributed by atoms with Crippen molar-refractivity contribution in [1.29, 1.82) is 0 Å². The lowest BCUT2D eigenvalue weighted by molar-refractivity contribution is -0.141. The van der Waals surface area contributed by atoms with Crippen molar-refractivity contribution in [3.8, 4) is 0 Å². The van der Waals surface area contributed by atoms with Crippen molar-refractivity contribution < 1.29 is 13.2 Å². The second-order valence-corrected chi connectivity index (χ2v) is 3.37. The molecular weight excluding hydrogens is 209 g/mol. The summed E-state index contributed by atoms with van der Waals surface area (Å²) < 4.78 is 36.8. The maximum absolute atomic E-state index is 12.3. The molecule has 4 nitrogen and oxygen atoms in total. The van der Waals surface area contributed by atoms with E-state index in [0.29, 0.717) is 18.9 Å². The van der Waals surface area contributed by atoms with Gasteiger partial charge in [0.2, 0.25) is 0 Å². The molecule has 7 heteroatoms. The van der Waals surface area contributed by atoms with E-state index in [1.807, 2.05) is 10.00 Å². The summed E-state index contributed by atoms with van der Waals surface area (Å²) >= 11 is 0. The van der Waals surface area contributed by atoms with Crippen LogP contribution in [0.1, 0.15) is 5.69 Å². The van der Waals surface area contributed by atoms with Gasteiger partial charge in [-0.25, -0.2) is 0 Å². The summed E-state index contributed by atoms with van der Waals surface area (Å²) in [5.41, 5.74) is -0.795. The Hall–Kier alpha value is -1.24. The van der Waals surface area contributed by atoms with Gasteiger partial charge in [-0.05, 0) is 0 Å². The number of alkyl halides is 3. The molecule has 0 aliphatic carbocycles. The molecule has 0 saturated carbocycles. The molecule has 2 N–H and O–H groups in total. The van der Waals surface area contributed by atoms with Crippen LogP contribution >= 0.6 is 0 Å². The third kappa shape index (κ3) is 2.23. The first-order valence-corrected chi connectivity index (χ1v) is 4.65. The minimum atomic E-state index is -4.35. The third-order valence-electron chi connectivity index (χ3n) is 2.31. The molecule has 1 fully saturated rings. The van der Waals surface area contributed by atoms with Crippen LogP contribution in [0.4, 0.5) is 19.0 Å². The summed E-state index contributed by atoms with van der Waals surface area (Å²) in [6, 6.07) is 1.05. The lowest BCUT2D eigenvalue weighted by Gasteiger charge is -2.26. The number of halogens is 3. The molecule has 0 radical (unpaired) electrons. The SMILES string of the molecule is FC(F)(F)c1cc(N2CCNCC2)n[nH]1. The van der Waals surface area contributed by atoms with Crippen LogP contribution in [0, 0.1) is 0 Å². The molecule has 1 aromatic rings. The number of piperazine rings is 1. The molecule has 1 aliphatic rings. The summed E-state index contributed by atoms with van der Waals surface area (Å²) in [5, 5.41) is 8.79. The fourth-order valence-electron chi connectivity index (χ4n) is 1.51. The lowest BCUT2D eigenvalue weighted by Crippen LogP contribution is -2.43. The Bertz CT molecular complexity index is 327. The summed E-state index contributed by atoms with van der Waals surface area (Å²) in [6.45, 7) is 2.91. The summed E-state index contributed by atoms with van der Waals surface area (Å²) in [7, 11) is 0. The van der Waals surface area contributed by atoms with Gasteiger partial charge in [-0.3, -0.25) is 5.10 Å². The summed E-state index contributed by atoms with van der Waals surface area (Å²) in [5.74, 6) is 0.365. The molecule has 0 unspecified atom stereocenters. The number of anilines is 1. The van der Waals surface area contributed by atoms with Gasteiger partial charge in [0, 0.05) is 32.2 Å². The number of aromatic nitrogens is 2. The smallest absolute Gasteiger partial charge is 0.353 e. The van der Waals surface area contributed by atoms with Crippen LogP contribution < -0.4 is 10.2 Å². The molecule has 0 spiro atoms. The zero-order chi connectivity index (χ0) is 10.9. The average molecular weight is 220 g/mol. The first kappa shape index (κ1) is 10.3. The molecule has 15 heavy (non-hydrogen) atoms. The summed E-state index contributed by atoms with van der Waals surface area (Å²) in [6.07, 6.45) is -4.35. The number of aromatic amines is 1. The van der Waals surface area contributed by atoms with Crippen LogP contribution in [0.3, 0.4) is 0 Å². The minimum Gasteiger partial charge on any atom is -0.353 e. The minimum absolute atomic E-state index is 0.365. The van der Waals surface area contributed by atoms with Gasteiger partial charge in [-0.15, -0.1) is 0 Å². The van der Waals surface area contributed by atoms with Gasteiger partial charge in [0.1, 0.15) is 5.69 Å². The highest BCUT2D eigenvalue weighted by Crippen LogP contribution is 2.29. The van der Waals surface area contributed by atoms with E-state index in [2.05, 4.69) is 10.4 Å². The maximum Gasteiger partial charge on any atom is 0.432 e. The van der Waals surface area contributed by atoms with Gasteiger partial charge < -0.3 is 10.2 Å². The second kappa shape index (κ2) is 3.73. The highest BCUT2D eigenvalue weighted by molar-refractivity contribution is 5.40. The van der Waals surface area contributed by atoms with Crippen LogP contribution in [-0.4, -0.2) is 36.4 Å². The van der Waals surface area contributed by atoms with Crippen molar-refractivity contribution in [3.05, 3.63) is 11.8 Å². The second-order valence-electron chi connectivity index (χ2n) is 3.37. The Labute approximate surface area is 84.5 Å². The molecule has 84 valence electrons. The highest BCUT2D eigenvalue weighted by Gasteiger charge is 2.33. The maximum atomic E-state index is 12.3. The normalized spacial score (nSPS) is 18.2. The highest BCUT2D eigenvalue weighted by atomic mass is 19.4. The molecule has 0 bridgehead atoms. The van der Waals surface area contributed by atoms with E-state index in [-0.39, 0.29) is 0 Å². The number of H-pyrrole nitrogens is 1. The predicted octanol–water partition coefficient (Wildman–Crippen LogP) is 0.838. The lowest BCUT2D eigenvalue weighted by atomic mass is 10.3. The number of hydrogen-bond acceptors (Lipinski definition) is 3. The van der Waals surface area contributed by atoms with Crippen LogP contribution in [0.2, 0.25) is 0 Å². The fourth-order valence-corrected chi connectivity index (χ4v) is 1.51. The number of rotatable bonds is 1. The monoisotopic (exact) mass is 220 g/mol. The van der Waals surface area contributed by atoms with Gasteiger partial charge in [0.15, 0.2) is 5.82 Å². The topological polar surface area (TPSA) is 44.0 Å². The largest absolute Gasteiger partial charge is 0.432 e. The van der Waals surface area contributed by atoms with Gasteiger partial charge >= 0.3 is 6.18 Å². The Morgan fingerprint density at radius 3 is 2.47 bits per heavy atom. The van der Waals surface area contributed by atoms with Crippen LogP contribution in [0.25, 0.3) is 0 Å². The number of nitrogens with one attached hydrogen (secondary N) is 2. The third-order valence-corrected chi connectivity index (χ3v) is 2.31. The molecule has 1 aromatic heterocycles. The van der Waals surface area contributed by atoms with E-state index in [0.717, 1.165) is 19.2 Å². The van der Waals surface area contributed by atoms with E-state index in [1.54, 1.807) is 0 Å². The van der Waals surface area contributed by atoms with Crippen LogP contribution in [0.15, 0.2) is 6.07 Å². The van der Waals surface area contributed by atoms with Crippen molar-refractivity contribution in [3.63, 3.8) is 0 Å². The standard InChI is InChI=1S/C8H11F3N4/c9-8(10,11)6-5-7(14-13-6)15-3-1-12-2-4-15/h5,12H,1-4H2,(H,13,14). The first-order valence-electron chi connectivity index (χ1n) is 4.65. The molecule has 2 rings (SSSR count). The van der Waals surface area contributed by atoms with E-state index in [9.17, 15) is 13.2 Å². The Kier molecular flexibility index (Phi) is 2.56. The molecule has 2 heterocycles. The van der Waals surface area contributed by atoms with Crippen LogP contribution in [0.5, 0.6) is 0 Å². The van der Waals surface area contributed by atoms with E-state index < -0.39 is 11.9 Å². The molecule has 0 amide bonds. The summed E-state index contributed by atoms with van der Waals surface area (Å²) in [4.78, 5) is 1.82. The van der Waals surface area contributed by atoms with Crippen molar-refractivity contribution in [1.82, 2.24) is 15.5 Å². The van der Waals surface area contributed by atoms with Gasteiger partial charge in [0.05, 0.1) is 0 Å².